The molecule has 0 aliphatic heterocycles. The topological polar surface area (TPSA) is 26.3 Å². The van der Waals surface area contributed by atoms with Crippen LogP contribution in [-0.2, 0) is 22.6 Å². The number of hydrogen-bond donors (Lipinski definition) is 0. The summed E-state index contributed by atoms with van der Waals surface area (Å²) in [4.78, 5) is 10.9. The fraction of sp³-hybridized carbons (Fsp3) is 0.364. The Kier molecular flexibility index (Phi) is 4.75. The molecule has 0 N–H and O–H groups in total. The Hall–Kier alpha value is -0.900. The molecule has 0 heterocycles. The summed E-state index contributed by atoms with van der Waals surface area (Å²) in [5.74, 6) is -0.278. The van der Waals surface area contributed by atoms with Crippen molar-refractivity contribution in [3.8, 4) is 0 Å². The van der Waals surface area contributed by atoms with Crippen LogP contribution >= 0.6 is 15.9 Å². The van der Waals surface area contributed by atoms with Crippen LogP contribution in [-0.4, -0.2) is 13.1 Å². The van der Waals surface area contributed by atoms with Crippen molar-refractivity contribution in [2.75, 3.05) is 7.11 Å². The highest BCUT2D eigenvalue weighted by Crippen LogP contribution is 2.19. The summed E-state index contributed by atoms with van der Waals surface area (Å²) < 4.78 is 18.0. The van der Waals surface area contributed by atoms with Crippen LogP contribution in [0.1, 0.15) is 17.5 Å². The van der Waals surface area contributed by atoms with Crippen molar-refractivity contribution >= 4 is 21.9 Å². The van der Waals surface area contributed by atoms with E-state index in [0.29, 0.717) is 12.0 Å². The molecule has 0 unspecified atom stereocenters. The zero-order valence-corrected chi connectivity index (χ0v) is 10.0. The van der Waals surface area contributed by atoms with Gasteiger partial charge in [0.25, 0.3) is 0 Å². The lowest BCUT2D eigenvalue weighted by molar-refractivity contribution is -0.140. The number of alkyl halides is 1. The lowest BCUT2D eigenvalue weighted by Gasteiger charge is -2.06. The van der Waals surface area contributed by atoms with Crippen molar-refractivity contribution in [1.29, 1.82) is 0 Å². The van der Waals surface area contributed by atoms with Gasteiger partial charge in [0.05, 0.1) is 7.11 Å². The van der Waals surface area contributed by atoms with E-state index in [1.54, 1.807) is 12.1 Å². The van der Waals surface area contributed by atoms with E-state index < -0.39 is 6.67 Å². The van der Waals surface area contributed by atoms with Crippen molar-refractivity contribution in [2.45, 2.75) is 19.5 Å². The molecule has 1 rings (SSSR count). The quantitative estimate of drug-likeness (QED) is 0.789. The first-order chi connectivity index (χ1) is 7.17. The lowest BCUT2D eigenvalue weighted by Crippen LogP contribution is -2.03. The van der Waals surface area contributed by atoms with E-state index in [4.69, 9.17) is 0 Å². The number of methoxy groups -OCH3 is 1. The average Bonchev–Trinajstić information content (AvgIpc) is 2.26. The molecule has 0 saturated carbocycles. The fourth-order valence-corrected chi connectivity index (χ4v) is 1.70. The van der Waals surface area contributed by atoms with Gasteiger partial charge >= 0.3 is 5.97 Å². The van der Waals surface area contributed by atoms with Crippen LogP contribution in [0.25, 0.3) is 0 Å². The zero-order chi connectivity index (χ0) is 11.3. The van der Waals surface area contributed by atoms with Crippen LogP contribution in [0.3, 0.4) is 0 Å². The van der Waals surface area contributed by atoms with Gasteiger partial charge in [0.2, 0.25) is 0 Å². The van der Waals surface area contributed by atoms with Crippen LogP contribution in [0.2, 0.25) is 0 Å². The summed E-state index contributed by atoms with van der Waals surface area (Å²) >= 11 is 3.31. The average molecular weight is 275 g/mol. The van der Waals surface area contributed by atoms with Crippen LogP contribution in [0.4, 0.5) is 4.39 Å². The third kappa shape index (κ3) is 3.63. The summed E-state index contributed by atoms with van der Waals surface area (Å²) in [5, 5.41) is 0. The highest BCUT2D eigenvalue weighted by molar-refractivity contribution is 9.10. The maximum Gasteiger partial charge on any atom is 0.305 e. The van der Waals surface area contributed by atoms with Crippen molar-refractivity contribution in [3.63, 3.8) is 0 Å². The number of aryl methyl sites for hydroxylation is 1. The van der Waals surface area contributed by atoms with Gasteiger partial charge in [0, 0.05) is 10.9 Å². The predicted molar refractivity (Wildman–Crippen MR) is 59.3 cm³/mol. The van der Waals surface area contributed by atoms with E-state index in [0.717, 1.165) is 10.0 Å². The Morgan fingerprint density at radius 3 is 2.80 bits per heavy atom. The smallest absolute Gasteiger partial charge is 0.305 e. The molecule has 0 atom stereocenters. The first-order valence-electron chi connectivity index (χ1n) is 4.57. The summed E-state index contributed by atoms with van der Waals surface area (Å²) in [7, 11) is 1.35. The Balaban J connectivity index is 2.74. The van der Waals surface area contributed by atoms with E-state index in [-0.39, 0.29) is 12.4 Å². The minimum Gasteiger partial charge on any atom is -0.469 e. The summed E-state index contributed by atoms with van der Waals surface area (Å²) in [6.45, 7) is -0.510. The first-order valence-corrected chi connectivity index (χ1v) is 5.36. The molecule has 0 aliphatic carbocycles. The SMILES string of the molecule is COC(=O)CCc1cc(Br)ccc1CF. The summed E-state index contributed by atoms with van der Waals surface area (Å²) in [5.41, 5.74) is 1.47. The normalized spacial score (nSPS) is 10.1. The van der Waals surface area contributed by atoms with Gasteiger partial charge in [-0.25, -0.2) is 4.39 Å². The molecule has 0 bridgehead atoms. The number of carbonyl (C=O) groups excluding carboxylic acids is 1. The summed E-state index contributed by atoms with van der Waals surface area (Å²) in [6, 6.07) is 5.34. The van der Waals surface area contributed by atoms with Crippen LogP contribution in [0.5, 0.6) is 0 Å². The number of benzene rings is 1. The van der Waals surface area contributed by atoms with Gasteiger partial charge in [0.1, 0.15) is 6.67 Å². The molecule has 0 spiro atoms. The van der Waals surface area contributed by atoms with E-state index >= 15 is 0 Å². The second-order valence-electron chi connectivity index (χ2n) is 3.12. The molecule has 4 heteroatoms. The maximum atomic E-state index is 12.6. The van der Waals surface area contributed by atoms with Gasteiger partial charge in [-0.15, -0.1) is 0 Å². The Bertz CT molecular complexity index is 352. The van der Waals surface area contributed by atoms with Gasteiger partial charge in [-0.3, -0.25) is 4.79 Å². The Morgan fingerprint density at radius 1 is 1.47 bits per heavy atom. The van der Waals surface area contributed by atoms with Gasteiger partial charge < -0.3 is 4.74 Å². The molecule has 2 nitrogen and oxygen atoms in total. The Labute approximate surface area is 96.6 Å². The van der Waals surface area contributed by atoms with Crippen LogP contribution < -0.4 is 0 Å². The third-order valence-corrected chi connectivity index (χ3v) is 2.63. The first kappa shape index (κ1) is 12.2. The lowest BCUT2D eigenvalue weighted by atomic mass is 10.0. The van der Waals surface area contributed by atoms with Crippen LogP contribution in [0, 0.1) is 0 Å². The van der Waals surface area contributed by atoms with E-state index in [1.807, 2.05) is 6.07 Å². The molecule has 15 heavy (non-hydrogen) atoms. The molecular weight excluding hydrogens is 263 g/mol. The van der Waals surface area contributed by atoms with Crippen molar-refractivity contribution in [1.82, 2.24) is 0 Å². The second kappa shape index (κ2) is 5.85. The molecular formula is C11H12BrFO2. The van der Waals surface area contributed by atoms with Crippen molar-refractivity contribution in [2.24, 2.45) is 0 Å². The molecule has 1 aromatic carbocycles. The largest absolute Gasteiger partial charge is 0.469 e. The molecule has 0 fully saturated rings. The second-order valence-corrected chi connectivity index (χ2v) is 4.04. The maximum absolute atomic E-state index is 12.6. The van der Waals surface area contributed by atoms with Gasteiger partial charge in [0.15, 0.2) is 0 Å². The predicted octanol–water partition coefficient (Wildman–Crippen LogP) is 3.02. The zero-order valence-electron chi connectivity index (χ0n) is 8.43. The number of esters is 1. The Morgan fingerprint density at radius 2 is 2.20 bits per heavy atom. The minimum atomic E-state index is -0.510. The minimum absolute atomic E-state index is 0.278. The highest BCUT2D eigenvalue weighted by Gasteiger charge is 2.06. The van der Waals surface area contributed by atoms with Gasteiger partial charge in [-0.1, -0.05) is 22.0 Å². The van der Waals surface area contributed by atoms with Gasteiger partial charge in [-0.2, -0.15) is 0 Å². The highest BCUT2D eigenvalue weighted by atomic mass is 79.9. The van der Waals surface area contributed by atoms with Crippen molar-refractivity contribution < 1.29 is 13.9 Å². The molecule has 0 aliphatic rings. The monoisotopic (exact) mass is 274 g/mol. The number of halogens is 2. The molecule has 0 aromatic heterocycles. The summed E-state index contributed by atoms with van der Waals surface area (Å²) in [6.07, 6.45) is 0.783. The molecule has 0 radical (unpaired) electrons. The van der Waals surface area contributed by atoms with Gasteiger partial charge in [-0.05, 0) is 29.7 Å². The molecule has 1 aromatic rings. The number of carbonyl (C=O) groups is 1. The van der Waals surface area contributed by atoms with E-state index in [2.05, 4.69) is 20.7 Å². The molecule has 0 amide bonds. The molecule has 0 saturated heterocycles. The van der Waals surface area contributed by atoms with E-state index in [1.165, 1.54) is 7.11 Å². The van der Waals surface area contributed by atoms with Crippen molar-refractivity contribution in [3.05, 3.63) is 33.8 Å². The number of hydrogen-bond acceptors (Lipinski definition) is 2. The fourth-order valence-electron chi connectivity index (χ4n) is 1.30. The third-order valence-electron chi connectivity index (χ3n) is 2.14. The number of ether oxygens (including phenoxy) is 1. The van der Waals surface area contributed by atoms with Crippen LogP contribution in [0.15, 0.2) is 22.7 Å². The number of rotatable bonds is 4. The molecule has 82 valence electrons. The van der Waals surface area contributed by atoms with E-state index in [9.17, 15) is 9.18 Å². The standard InChI is InChI=1S/C11H12BrFO2/c1-15-11(14)5-3-8-6-10(12)4-2-9(8)7-13/h2,4,6H,3,5,7H2,1H3.